The number of alkyl carbamates (subject to hydrolysis) is 1. The molecule has 1 fully saturated rings. The van der Waals surface area contributed by atoms with Crippen molar-refractivity contribution < 1.29 is 9.53 Å². The van der Waals surface area contributed by atoms with Crippen LogP contribution in [0.3, 0.4) is 0 Å². The van der Waals surface area contributed by atoms with Gasteiger partial charge in [0.25, 0.3) is 0 Å². The minimum atomic E-state index is -0.381. The zero-order valence-corrected chi connectivity index (χ0v) is 11.8. The van der Waals surface area contributed by atoms with Crippen molar-refractivity contribution in [2.24, 2.45) is 0 Å². The number of amides is 1. The number of nitrogens with zero attached hydrogens (tertiary/aromatic N) is 1. The molecule has 0 saturated carbocycles. The van der Waals surface area contributed by atoms with Gasteiger partial charge in [-0.2, -0.15) is 0 Å². The zero-order chi connectivity index (χ0) is 12.4. The van der Waals surface area contributed by atoms with E-state index < -0.39 is 0 Å². The second-order valence-electron chi connectivity index (χ2n) is 4.22. The third kappa shape index (κ3) is 3.21. The molecule has 1 saturated heterocycles. The molecule has 1 aliphatic rings. The van der Waals surface area contributed by atoms with E-state index in [0.29, 0.717) is 11.6 Å². The maximum absolute atomic E-state index is 11.1. The van der Waals surface area contributed by atoms with Crippen molar-refractivity contribution in [1.82, 2.24) is 5.32 Å². The number of rotatable bonds is 2. The molecule has 0 spiro atoms. The highest BCUT2D eigenvalue weighted by Crippen LogP contribution is 2.30. The largest absolute Gasteiger partial charge is 0.449 e. The van der Waals surface area contributed by atoms with E-state index in [1.807, 2.05) is 37.2 Å². The average Bonchev–Trinajstić information content (AvgIpc) is 2.28. The summed E-state index contributed by atoms with van der Waals surface area (Å²) in [7, 11) is 3.92. The number of nitrogens with one attached hydrogen (secondary N) is 1. The van der Waals surface area contributed by atoms with Crippen LogP contribution in [-0.4, -0.2) is 26.8 Å². The Hall–Kier alpha value is -1.13. The molecule has 1 amide bonds. The Morgan fingerprint density at radius 1 is 1.44 bits per heavy atom. The third-order valence-corrected chi connectivity index (χ3v) is 3.13. The molecule has 1 heterocycles. The summed E-state index contributed by atoms with van der Waals surface area (Å²) in [4.78, 5) is 13.1. The first kappa shape index (κ1) is 14.9. The molecule has 0 bridgehead atoms. The first-order valence-electron chi connectivity index (χ1n) is 5.48. The fourth-order valence-electron chi connectivity index (χ4n) is 1.84. The van der Waals surface area contributed by atoms with E-state index in [2.05, 4.69) is 5.32 Å². The van der Waals surface area contributed by atoms with E-state index in [1.165, 1.54) is 0 Å². The summed E-state index contributed by atoms with van der Waals surface area (Å²) in [6.45, 7) is 0.433. The van der Waals surface area contributed by atoms with Crippen molar-refractivity contribution in [1.29, 1.82) is 0 Å². The van der Waals surface area contributed by atoms with Crippen molar-refractivity contribution >= 4 is 35.8 Å². The molecule has 6 heteroatoms. The standard InChI is InChI=1S/C12H15ClN2O2.ClH/c1-15(2)8-3-4-9(10(13)7-8)11-5-6-17-12(16)14-11;/h3-4,7,11H,5-6H2,1-2H3,(H,14,16);1H/t11-;/m0./s1. The van der Waals surface area contributed by atoms with Crippen LogP contribution in [0.15, 0.2) is 18.2 Å². The number of hydrogen-bond donors (Lipinski definition) is 1. The van der Waals surface area contributed by atoms with Crippen LogP contribution in [0.2, 0.25) is 5.02 Å². The molecule has 0 aromatic heterocycles. The van der Waals surface area contributed by atoms with Gasteiger partial charge in [0.05, 0.1) is 12.6 Å². The molecule has 0 unspecified atom stereocenters. The molecule has 0 aliphatic carbocycles. The van der Waals surface area contributed by atoms with Crippen LogP contribution in [0.5, 0.6) is 0 Å². The minimum absolute atomic E-state index is 0. The second kappa shape index (κ2) is 6.16. The minimum Gasteiger partial charge on any atom is -0.449 e. The molecule has 0 radical (unpaired) electrons. The maximum Gasteiger partial charge on any atom is 0.407 e. The number of hydrogen-bond acceptors (Lipinski definition) is 3. The van der Waals surface area contributed by atoms with Gasteiger partial charge >= 0.3 is 6.09 Å². The molecular formula is C12H16Cl2N2O2. The predicted molar refractivity (Wildman–Crippen MR) is 74.9 cm³/mol. The Morgan fingerprint density at radius 3 is 2.72 bits per heavy atom. The summed E-state index contributed by atoms with van der Waals surface area (Å²) < 4.78 is 4.83. The van der Waals surface area contributed by atoms with E-state index in [9.17, 15) is 4.79 Å². The third-order valence-electron chi connectivity index (χ3n) is 2.81. The van der Waals surface area contributed by atoms with Crippen molar-refractivity contribution in [3.05, 3.63) is 28.8 Å². The highest BCUT2D eigenvalue weighted by atomic mass is 35.5. The number of cyclic esters (lactones) is 1. The van der Waals surface area contributed by atoms with Crippen LogP contribution in [0.25, 0.3) is 0 Å². The lowest BCUT2D eigenvalue weighted by atomic mass is 10.0. The van der Waals surface area contributed by atoms with Crippen LogP contribution in [0.1, 0.15) is 18.0 Å². The van der Waals surface area contributed by atoms with E-state index >= 15 is 0 Å². The Morgan fingerprint density at radius 2 is 2.17 bits per heavy atom. The van der Waals surface area contributed by atoms with E-state index in [0.717, 1.165) is 17.7 Å². The van der Waals surface area contributed by atoms with Crippen molar-refractivity contribution in [3.63, 3.8) is 0 Å². The van der Waals surface area contributed by atoms with Crippen LogP contribution in [0, 0.1) is 0 Å². The number of anilines is 1. The fraction of sp³-hybridized carbons (Fsp3) is 0.417. The highest BCUT2D eigenvalue weighted by molar-refractivity contribution is 6.31. The van der Waals surface area contributed by atoms with Crippen LogP contribution in [-0.2, 0) is 4.74 Å². The predicted octanol–water partition coefficient (Wildman–Crippen LogP) is 3.00. The molecule has 100 valence electrons. The number of halogens is 2. The normalized spacial score (nSPS) is 18.4. The van der Waals surface area contributed by atoms with Crippen LogP contribution < -0.4 is 10.2 Å². The summed E-state index contributed by atoms with van der Waals surface area (Å²) in [6.07, 6.45) is 0.362. The first-order valence-corrected chi connectivity index (χ1v) is 5.86. The lowest BCUT2D eigenvalue weighted by molar-refractivity contribution is 0.115. The van der Waals surface area contributed by atoms with Gasteiger partial charge in [-0.3, -0.25) is 0 Å². The molecule has 1 atom stereocenters. The number of benzene rings is 1. The monoisotopic (exact) mass is 290 g/mol. The van der Waals surface area contributed by atoms with Gasteiger partial charge in [-0.05, 0) is 17.7 Å². The molecule has 1 aliphatic heterocycles. The van der Waals surface area contributed by atoms with Gasteiger partial charge in [-0.1, -0.05) is 17.7 Å². The molecule has 2 rings (SSSR count). The Kier molecular flexibility index (Phi) is 5.11. The van der Waals surface area contributed by atoms with Gasteiger partial charge < -0.3 is 15.0 Å². The van der Waals surface area contributed by atoms with E-state index in [-0.39, 0.29) is 24.5 Å². The lowest BCUT2D eigenvalue weighted by Gasteiger charge is -2.25. The van der Waals surface area contributed by atoms with E-state index in [4.69, 9.17) is 16.3 Å². The number of ether oxygens (including phenoxy) is 1. The SMILES string of the molecule is CN(C)c1ccc([C@@H]2CCOC(=O)N2)c(Cl)c1.Cl. The molecule has 1 aromatic carbocycles. The lowest BCUT2D eigenvalue weighted by Crippen LogP contribution is -2.35. The summed E-state index contributed by atoms with van der Waals surface area (Å²) in [5, 5.41) is 3.43. The van der Waals surface area contributed by atoms with Crippen LogP contribution in [0.4, 0.5) is 10.5 Å². The topological polar surface area (TPSA) is 41.6 Å². The molecule has 1 aromatic rings. The molecule has 18 heavy (non-hydrogen) atoms. The van der Waals surface area contributed by atoms with Gasteiger partial charge in [0.15, 0.2) is 0 Å². The number of carbonyl (C=O) groups is 1. The van der Waals surface area contributed by atoms with Crippen LogP contribution >= 0.6 is 24.0 Å². The Balaban J connectivity index is 0.00000162. The summed E-state index contributed by atoms with van der Waals surface area (Å²) in [5.74, 6) is 0. The number of carbonyl (C=O) groups excluding carboxylic acids is 1. The second-order valence-corrected chi connectivity index (χ2v) is 4.63. The van der Waals surface area contributed by atoms with Gasteiger partial charge in [-0.25, -0.2) is 4.79 Å². The molecule has 1 N–H and O–H groups in total. The van der Waals surface area contributed by atoms with Crippen molar-refractivity contribution in [2.45, 2.75) is 12.5 Å². The molecular weight excluding hydrogens is 275 g/mol. The van der Waals surface area contributed by atoms with Gasteiger partial charge in [0, 0.05) is 31.2 Å². The average molecular weight is 291 g/mol. The van der Waals surface area contributed by atoms with Gasteiger partial charge in [0.2, 0.25) is 0 Å². The molecule has 4 nitrogen and oxygen atoms in total. The maximum atomic E-state index is 11.1. The highest BCUT2D eigenvalue weighted by Gasteiger charge is 2.22. The van der Waals surface area contributed by atoms with Gasteiger partial charge in [-0.15, -0.1) is 12.4 Å². The van der Waals surface area contributed by atoms with E-state index in [1.54, 1.807) is 0 Å². The Labute approximate surface area is 118 Å². The first-order chi connectivity index (χ1) is 8.08. The van der Waals surface area contributed by atoms with Crippen molar-refractivity contribution in [2.75, 3.05) is 25.6 Å². The summed E-state index contributed by atoms with van der Waals surface area (Å²) in [6, 6.07) is 5.79. The summed E-state index contributed by atoms with van der Waals surface area (Å²) >= 11 is 6.24. The quantitative estimate of drug-likeness (QED) is 0.910. The summed E-state index contributed by atoms with van der Waals surface area (Å²) in [5.41, 5.74) is 1.98. The fourth-order valence-corrected chi connectivity index (χ4v) is 2.14. The zero-order valence-electron chi connectivity index (χ0n) is 10.3. The van der Waals surface area contributed by atoms with Crippen molar-refractivity contribution in [3.8, 4) is 0 Å². The Bertz CT molecular complexity index is 438. The smallest absolute Gasteiger partial charge is 0.407 e. The van der Waals surface area contributed by atoms with Gasteiger partial charge in [0.1, 0.15) is 0 Å².